The van der Waals surface area contributed by atoms with Gasteiger partial charge in [0.05, 0.1) is 14.2 Å². The highest BCUT2D eigenvalue weighted by Gasteiger charge is 2.32. The number of esters is 2. The van der Waals surface area contributed by atoms with Gasteiger partial charge in [-0.05, 0) is 6.07 Å². The predicted octanol–water partition coefficient (Wildman–Crippen LogP) is 0.858. The summed E-state index contributed by atoms with van der Waals surface area (Å²) in [6, 6.07) is 1.30. The van der Waals surface area contributed by atoms with Gasteiger partial charge in [-0.3, -0.25) is 0 Å². The largest absolute Gasteiger partial charge is 0.507 e. The zero-order valence-electron chi connectivity index (χ0n) is 9.27. The Morgan fingerprint density at radius 1 is 1.47 bits per heavy atom. The lowest BCUT2D eigenvalue weighted by Gasteiger charge is -2.11. The van der Waals surface area contributed by atoms with Crippen molar-refractivity contribution in [3.8, 4) is 11.5 Å². The number of methoxy groups -OCH3 is 2. The molecule has 17 heavy (non-hydrogen) atoms. The summed E-state index contributed by atoms with van der Waals surface area (Å²) in [5.74, 6) is -1.68. The van der Waals surface area contributed by atoms with Crippen molar-refractivity contribution in [3.63, 3.8) is 0 Å². The molecule has 0 unspecified atom stereocenters. The van der Waals surface area contributed by atoms with Crippen LogP contribution < -0.4 is 4.74 Å². The molecule has 1 aliphatic rings. The first kappa shape index (κ1) is 11.3. The minimum absolute atomic E-state index is 0.0191. The van der Waals surface area contributed by atoms with E-state index in [4.69, 9.17) is 9.47 Å². The molecule has 1 heterocycles. The zero-order chi connectivity index (χ0) is 12.6. The van der Waals surface area contributed by atoms with E-state index in [0.717, 1.165) is 0 Å². The summed E-state index contributed by atoms with van der Waals surface area (Å²) in [4.78, 5) is 23.0. The minimum atomic E-state index is -0.776. The molecule has 6 heteroatoms. The highest BCUT2D eigenvalue weighted by molar-refractivity contribution is 6.04. The summed E-state index contributed by atoms with van der Waals surface area (Å²) in [5.41, 5.74) is 0.468. The molecule has 0 aromatic heterocycles. The molecule has 0 atom stereocenters. The smallest absolute Gasteiger partial charge is 0.345 e. The maximum absolute atomic E-state index is 11.5. The lowest BCUT2D eigenvalue weighted by Crippen LogP contribution is -2.08. The number of carbonyl (C=O) groups excluding carboxylic acids is 2. The number of fused-ring (bicyclic) bond motifs is 1. The molecule has 6 nitrogen and oxygen atoms in total. The van der Waals surface area contributed by atoms with E-state index < -0.39 is 11.9 Å². The molecule has 90 valence electrons. The van der Waals surface area contributed by atoms with Gasteiger partial charge in [0.2, 0.25) is 0 Å². The first-order valence-corrected chi connectivity index (χ1v) is 4.78. The Kier molecular flexibility index (Phi) is 2.63. The van der Waals surface area contributed by atoms with Gasteiger partial charge >= 0.3 is 11.9 Å². The van der Waals surface area contributed by atoms with Crippen molar-refractivity contribution in [1.29, 1.82) is 0 Å². The van der Waals surface area contributed by atoms with E-state index in [-0.39, 0.29) is 29.2 Å². The average molecular weight is 238 g/mol. The monoisotopic (exact) mass is 238 g/mol. The van der Waals surface area contributed by atoms with Crippen LogP contribution in [0.3, 0.4) is 0 Å². The second-order valence-electron chi connectivity index (χ2n) is 3.41. The zero-order valence-corrected chi connectivity index (χ0v) is 9.27. The molecule has 0 aliphatic carbocycles. The van der Waals surface area contributed by atoms with Crippen LogP contribution in [0.15, 0.2) is 6.07 Å². The Bertz CT molecular complexity index is 505. The van der Waals surface area contributed by atoms with Crippen LogP contribution in [0.4, 0.5) is 0 Å². The standard InChI is InChI=1S/C11H10O6/c1-15-9-7-5(4-17-11(7)14)3-6(12)8(9)10(13)16-2/h3,12H,4H2,1-2H3. The first-order valence-electron chi connectivity index (χ1n) is 4.78. The first-order chi connectivity index (χ1) is 8.10. The van der Waals surface area contributed by atoms with Crippen LogP contribution in [-0.2, 0) is 16.1 Å². The number of cyclic esters (lactones) is 1. The summed E-state index contributed by atoms with van der Waals surface area (Å²) in [5, 5.41) is 9.73. The van der Waals surface area contributed by atoms with E-state index >= 15 is 0 Å². The summed E-state index contributed by atoms with van der Waals surface area (Å²) in [7, 11) is 2.47. The van der Waals surface area contributed by atoms with Gasteiger partial charge in [0.15, 0.2) is 5.75 Å². The van der Waals surface area contributed by atoms with E-state index in [1.807, 2.05) is 0 Å². The third-order valence-corrected chi connectivity index (χ3v) is 2.50. The van der Waals surface area contributed by atoms with E-state index in [0.29, 0.717) is 5.56 Å². The Balaban J connectivity index is 2.72. The molecule has 1 aromatic carbocycles. The molecule has 1 aromatic rings. The third kappa shape index (κ3) is 1.57. The molecular weight excluding hydrogens is 228 g/mol. The van der Waals surface area contributed by atoms with Gasteiger partial charge in [-0.15, -0.1) is 0 Å². The summed E-state index contributed by atoms with van der Waals surface area (Å²) in [6.45, 7) is 0.0551. The van der Waals surface area contributed by atoms with Gasteiger partial charge in [0.25, 0.3) is 0 Å². The number of benzene rings is 1. The maximum Gasteiger partial charge on any atom is 0.345 e. The second kappa shape index (κ2) is 3.97. The molecule has 2 rings (SSSR count). The lowest BCUT2D eigenvalue weighted by atomic mass is 10.0. The third-order valence-electron chi connectivity index (χ3n) is 2.50. The lowest BCUT2D eigenvalue weighted by molar-refractivity contribution is 0.0533. The van der Waals surface area contributed by atoms with Gasteiger partial charge in [-0.2, -0.15) is 0 Å². The van der Waals surface area contributed by atoms with Gasteiger partial charge < -0.3 is 19.3 Å². The number of aromatic hydroxyl groups is 1. The van der Waals surface area contributed by atoms with Crippen LogP contribution in [0.2, 0.25) is 0 Å². The number of hydrogen-bond donors (Lipinski definition) is 1. The molecular formula is C11H10O6. The fourth-order valence-corrected chi connectivity index (χ4v) is 1.75. The molecule has 1 aliphatic heterocycles. The summed E-state index contributed by atoms with van der Waals surface area (Å²) in [6.07, 6.45) is 0. The normalized spacial score (nSPS) is 12.9. The Morgan fingerprint density at radius 2 is 2.18 bits per heavy atom. The van der Waals surface area contributed by atoms with Crippen LogP contribution in [0, 0.1) is 0 Å². The van der Waals surface area contributed by atoms with Crippen molar-refractivity contribution in [3.05, 3.63) is 22.8 Å². The fourth-order valence-electron chi connectivity index (χ4n) is 1.75. The molecule has 0 saturated carbocycles. The van der Waals surface area contributed by atoms with E-state index in [2.05, 4.69) is 4.74 Å². The maximum atomic E-state index is 11.5. The molecule has 0 bridgehead atoms. The van der Waals surface area contributed by atoms with Gasteiger partial charge in [-0.25, -0.2) is 9.59 Å². The Morgan fingerprint density at radius 3 is 2.76 bits per heavy atom. The molecule has 1 N–H and O–H groups in total. The molecule has 0 saturated heterocycles. The van der Waals surface area contributed by atoms with E-state index in [1.165, 1.54) is 20.3 Å². The second-order valence-corrected chi connectivity index (χ2v) is 3.41. The number of ether oxygens (including phenoxy) is 3. The van der Waals surface area contributed by atoms with E-state index in [9.17, 15) is 14.7 Å². The predicted molar refractivity (Wildman–Crippen MR) is 55.1 cm³/mol. The highest BCUT2D eigenvalue weighted by Crippen LogP contribution is 2.38. The van der Waals surface area contributed by atoms with Gasteiger partial charge in [-0.1, -0.05) is 0 Å². The topological polar surface area (TPSA) is 82.1 Å². The quantitative estimate of drug-likeness (QED) is 0.769. The Labute approximate surface area is 96.7 Å². The number of carbonyl (C=O) groups is 2. The van der Waals surface area contributed by atoms with Crippen molar-refractivity contribution < 1.29 is 28.9 Å². The van der Waals surface area contributed by atoms with Crippen molar-refractivity contribution in [1.82, 2.24) is 0 Å². The summed E-state index contributed by atoms with van der Waals surface area (Å²) < 4.78 is 14.3. The van der Waals surface area contributed by atoms with Crippen LogP contribution in [0.25, 0.3) is 0 Å². The van der Waals surface area contributed by atoms with Gasteiger partial charge in [0, 0.05) is 5.56 Å². The number of rotatable bonds is 2. The van der Waals surface area contributed by atoms with E-state index in [1.54, 1.807) is 0 Å². The highest BCUT2D eigenvalue weighted by atomic mass is 16.5. The van der Waals surface area contributed by atoms with Crippen molar-refractivity contribution in [2.75, 3.05) is 14.2 Å². The molecule has 0 radical (unpaired) electrons. The summed E-state index contributed by atoms with van der Waals surface area (Å²) >= 11 is 0. The molecule has 0 spiro atoms. The molecule has 0 fully saturated rings. The van der Waals surface area contributed by atoms with Crippen LogP contribution in [-0.4, -0.2) is 31.3 Å². The van der Waals surface area contributed by atoms with Gasteiger partial charge in [0.1, 0.15) is 23.5 Å². The van der Waals surface area contributed by atoms with Crippen LogP contribution in [0.5, 0.6) is 11.5 Å². The van der Waals surface area contributed by atoms with Crippen molar-refractivity contribution in [2.24, 2.45) is 0 Å². The number of phenols is 1. The van der Waals surface area contributed by atoms with Crippen LogP contribution in [0.1, 0.15) is 26.3 Å². The SMILES string of the molecule is COC(=O)c1c(O)cc2c(c1OC)C(=O)OC2. The average Bonchev–Trinajstić information content (AvgIpc) is 2.68. The van der Waals surface area contributed by atoms with Crippen molar-refractivity contribution in [2.45, 2.75) is 6.61 Å². The molecule has 0 amide bonds. The Hall–Kier alpha value is -2.24. The van der Waals surface area contributed by atoms with Crippen molar-refractivity contribution >= 4 is 11.9 Å². The minimum Gasteiger partial charge on any atom is -0.507 e. The number of hydrogen-bond acceptors (Lipinski definition) is 6. The van der Waals surface area contributed by atoms with Crippen LogP contribution >= 0.6 is 0 Å². The number of phenolic OH excluding ortho intramolecular Hbond substituents is 1. The fraction of sp³-hybridized carbons (Fsp3) is 0.273.